The van der Waals surface area contributed by atoms with E-state index in [0.717, 1.165) is 37.8 Å². The summed E-state index contributed by atoms with van der Waals surface area (Å²) < 4.78 is 14.7. The second-order valence-electron chi connectivity index (χ2n) is 6.70. The molecule has 0 radical (unpaired) electrons. The highest BCUT2D eigenvalue weighted by Gasteiger charge is 2.23. The van der Waals surface area contributed by atoms with Gasteiger partial charge in [0.15, 0.2) is 5.16 Å². The lowest BCUT2D eigenvalue weighted by Crippen LogP contribution is -2.03. The summed E-state index contributed by atoms with van der Waals surface area (Å²) in [7, 11) is -1.12. The zero-order valence-corrected chi connectivity index (χ0v) is 17.1. The molecule has 0 saturated heterocycles. The van der Waals surface area contributed by atoms with E-state index in [0.29, 0.717) is 18.7 Å². The first kappa shape index (κ1) is 19.0. The predicted octanol–water partition coefficient (Wildman–Crippen LogP) is 4.46. The summed E-state index contributed by atoms with van der Waals surface area (Å²) in [5.41, 5.74) is 5.17. The van der Waals surface area contributed by atoms with Crippen LogP contribution < -0.4 is 0 Å². The maximum Gasteiger partial charge on any atom is 0.303 e. The van der Waals surface area contributed by atoms with Crippen molar-refractivity contribution in [1.82, 2.24) is 9.55 Å². The van der Waals surface area contributed by atoms with Crippen molar-refractivity contribution < 1.29 is 14.1 Å². The second-order valence-corrected chi connectivity index (χ2v) is 9.04. The Morgan fingerprint density at radius 1 is 1.21 bits per heavy atom. The van der Waals surface area contributed by atoms with E-state index in [1.54, 1.807) is 11.8 Å². The molecule has 2 aromatic carbocycles. The molecular weight excluding hydrogens is 392 g/mol. The number of aromatic nitrogens is 2. The summed E-state index contributed by atoms with van der Waals surface area (Å²) in [6, 6.07) is 13.9. The quantitative estimate of drug-likeness (QED) is 0.458. The molecule has 144 valence electrons. The number of carboxylic acid groups (broad SMARTS) is 1. The molecule has 0 saturated carbocycles. The summed E-state index contributed by atoms with van der Waals surface area (Å²) in [5, 5.41) is 11.5. The lowest BCUT2D eigenvalue weighted by Gasteiger charge is -2.12. The number of aliphatic carboxylic acids is 1. The number of thioether (sulfide) groups is 1. The van der Waals surface area contributed by atoms with Crippen molar-refractivity contribution >= 4 is 45.1 Å². The molecule has 5 nitrogen and oxygen atoms in total. The van der Waals surface area contributed by atoms with Gasteiger partial charge in [0.25, 0.3) is 0 Å². The van der Waals surface area contributed by atoms with Gasteiger partial charge in [-0.05, 0) is 48.2 Å². The van der Waals surface area contributed by atoms with Gasteiger partial charge in [-0.25, -0.2) is 9.19 Å². The number of benzene rings is 2. The highest BCUT2D eigenvalue weighted by atomic mass is 32.2. The van der Waals surface area contributed by atoms with E-state index in [9.17, 15) is 9.00 Å². The number of carbonyl (C=O) groups is 1. The van der Waals surface area contributed by atoms with Gasteiger partial charge >= 0.3 is 5.97 Å². The topological polar surface area (TPSA) is 72.2 Å². The van der Waals surface area contributed by atoms with E-state index in [1.165, 1.54) is 0 Å². The zero-order chi connectivity index (χ0) is 19.7. The number of carboxylic acids is 1. The van der Waals surface area contributed by atoms with Crippen LogP contribution in [0, 0.1) is 6.92 Å². The SMILES string of the molecule is Cc1cccc2c1C(Cn1c(SCCCC(=O)O)nc3ccccc31)=CS2=O. The first-order valence-corrected chi connectivity index (χ1v) is 11.3. The maximum absolute atomic E-state index is 12.5. The van der Waals surface area contributed by atoms with Crippen molar-refractivity contribution in [1.29, 1.82) is 0 Å². The minimum atomic E-state index is -1.12. The fraction of sp³-hybridized carbons (Fsp3) is 0.238. The summed E-state index contributed by atoms with van der Waals surface area (Å²) in [5.74, 6) is -0.0873. The fourth-order valence-electron chi connectivity index (χ4n) is 3.46. The summed E-state index contributed by atoms with van der Waals surface area (Å²) >= 11 is 1.57. The Labute approximate surface area is 169 Å². The number of fused-ring (bicyclic) bond motifs is 2. The molecule has 1 aliphatic rings. The molecule has 2 heterocycles. The number of allylic oxidation sites excluding steroid dienone is 1. The van der Waals surface area contributed by atoms with Crippen LogP contribution in [0.3, 0.4) is 0 Å². The van der Waals surface area contributed by atoms with Crippen molar-refractivity contribution in [3.05, 3.63) is 59.0 Å². The van der Waals surface area contributed by atoms with Gasteiger partial charge in [0, 0.05) is 17.6 Å². The molecule has 1 unspecified atom stereocenters. The number of hydrogen-bond donors (Lipinski definition) is 1. The lowest BCUT2D eigenvalue weighted by atomic mass is 10.0. The smallest absolute Gasteiger partial charge is 0.303 e. The van der Waals surface area contributed by atoms with E-state index in [4.69, 9.17) is 10.1 Å². The third-order valence-electron chi connectivity index (χ3n) is 4.74. The Morgan fingerprint density at radius 3 is 2.86 bits per heavy atom. The van der Waals surface area contributed by atoms with Crippen LogP contribution in [0.4, 0.5) is 0 Å². The summed E-state index contributed by atoms with van der Waals surface area (Å²) in [4.78, 5) is 16.4. The van der Waals surface area contributed by atoms with Gasteiger partial charge in [-0.3, -0.25) is 4.79 Å². The first-order valence-electron chi connectivity index (χ1n) is 9.05. The molecule has 28 heavy (non-hydrogen) atoms. The number of hydrogen-bond acceptors (Lipinski definition) is 4. The average molecular weight is 413 g/mol. The van der Waals surface area contributed by atoms with E-state index in [1.807, 2.05) is 54.8 Å². The van der Waals surface area contributed by atoms with Crippen molar-refractivity contribution in [2.24, 2.45) is 0 Å². The minimum absolute atomic E-state index is 0.157. The standard InChI is InChI=1S/C21H20N2O3S2/c1-14-6-4-9-18-20(14)15(13-28(18)26)12-23-17-8-3-2-7-16(17)22-21(23)27-11-5-10-19(24)25/h2-4,6-9,13H,5,10-12H2,1H3,(H,24,25). The molecule has 1 N–H and O–H groups in total. The summed E-state index contributed by atoms with van der Waals surface area (Å²) in [6.07, 6.45) is 0.752. The molecule has 0 aliphatic carbocycles. The molecule has 7 heteroatoms. The molecule has 0 spiro atoms. The molecule has 0 fully saturated rings. The molecule has 0 amide bonds. The van der Waals surface area contributed by atoms with Crippen LogP contribution in [-0.4, -0.2) is 30.6 Å². The van der Waals surface area contributed by atoms with Crippen LogP contribution in [0.25, 0.3) is 16.6 Å². The highest BCUT2D eigenvalue weighted by molar-refractivity contribution is 7.99. The van der Waals surface area contributed by atoms with Crippen LogP contribution in [0.1, 0.15) is 24.0 Å². The van der Waals surface area contributed by atoms with Crippen LogP contribution in [0.15, 0.2) is 57.9 Å². The zero-order valence-electron chi connectivity index (χ0n) is 15.4. The molecule has 0 bridgehead atoms. The van der Waals surface area contributed by atoms with E-state index < -0.39 is 16.8 Å². The lowest BCUT2D eigenvalue weighted by molar-refractivity contribution is -0.137. The first-order chi connectivity index (χ1) is 13.5. The fourth-order valence-corrected chi connectivity index (χ4v) is 5.70. The number of para-hydroxylation sites is 2. The van der Waals surface area contributed by atoms with Gasteiger partial charge in [-0.2, -0.15) is 0 Å². The Kier molecular flexibility index (Phi) is 5.37. The van der Waals surface area contributed by atoms with Gasteiger partial charge in [-0.15, -0.1) is 0 Å². The predicted molar refractivity (Wildman–Crippen MR) is 113 cm³/mol. The van der Waals surface area contributed by atoms with Crippen LogP contribution in [0.5, 0.6) is 0 Å². The Bertz CT molecular complexity index is 1120. The molecule has 3 aromatic rings. The maximum atomic E-state index is 12.5. The molecule has 4 rings (SSSR count). The Morgan fingerprint density at radius 2 is 2.04 bits per heavy atom. The number of imidazole rings is 1. The highest BCUT2D eigenvalue weighted by Crippen LogP contribution is 2.36. The third kappa shape index (κ3) is 3.64. The van der Waals surface area contributed by atoms with Crippen molar-refractivity contribution in [3.8, 4) is 0 Å². The minimum Gasteiger partial charge on any atom is -0.481 e. The average Bonchev–Trinajstić information content (AvgIpc) is 3.18. The molecule has 1 aromatic heterocycles. The van der Waals surface area contributed by atoms with E-state index in [-0.39, 0.29) is 6.42 Å². The second kappa shape index (κ2) is 7.93. The largest absolute Gasteiger partial charge is 0.481 e. The summed E-state index contributed by atoms with van der Waals surface area (Å²) in [6.45, 7) is 2.63. The van der Waals surface area contributed by atoms with Crippen molar-refractivity contribution in [2.45, 2.75) is 36.4 Å². The molecule has 1 aliphatic heterocycles. The van der Waals surface area contributed by atoms with Gasteiger partial charge in [0.2, 0.25) is 0 Å². The molecule has 1 atom stereocenters. The third-order valence-corrected chi connectivity index (χ3v) is 7.07. The number of rotatable bonds is 7. The van der Waals surface area contributed by atoms with Crippen LogP contribution >= 0.6 is 11.8 Å². The van der Waals surface area contributed by atoms with E-state index >= 15 is 0 Å². The van der Waals surface area contributed by atoms with Gasteiger partial charge in [0.1, 0.15) is 0 Å². The van der Waals surface area contributed by atoms with Crippen molar-refractivity contribution in [2.75, 3.05) is 5.75 Å². The van der Waals surface area contributed by atoms with Gasteiger partial charge < -0.3 is 9.67 Å². The van der Waals surface area contributed by atoms with E-state index in [2.05, 4.69) is 4.57 Å². The Hall–Kier alpha value is -2.38. The van der Waals surface area contributed by atoms with Crippen LogP contribution in [0.2, 0.25) is 0 Å². The normalized spacial score (nSPS) is 15.6. The van der Waals surface area contributed by atoms with Gasteiger partial charge in [0.05, 0.1) is 33.3 Å². The Balaban J connectivity index is 1.67. The van der Waals surface area contributed by atoms with Crippen LogP contribution in [-0.2, 0) is 22.1 Å². The van der Waals surface area contributed by atoms with Gasteiger partial charge in [-0.1, -0.05) is 36.0 Å². The van der Waals surface area contributed by atoms with Crippen molar-refractivity contribution in [3.63, 3.8) is 0 Å². The number of nitrogens with zero attached hydrogens (tertiary/aromatic N) is 2. The number of aryl methyl sites for hydroxylation is 1. The molecular formula is C21H20N2O3S2. The monoisotopic (exact) mass is 412 g/mol.